The van der Waals surface area contributed by atoms with E-state index in [-0.39, 0.29) is 42.5 Å². The maximum Gasteiger partial charge on any atom is 0.189 e. The highest BCUT2D eigenvalue weighted by atomic mass is 127. The van der Waals surface area contributed by atoms with Crippen molar-refractivity contribution in [2.75, 3.05) is 6.54 Å². The van der Waals surface area contributed by atoms with Crippen LogP contribution in [0.4, 0.5) is 0 Å². The summed E-state index contributed by atoms with van der Waals surface area (Å²) >= 11 is 11.9. The molecule has 4 nitrogen and oxygen atoms in total. The van der Waals surface area contributed by atoms with Crippen LogP contribution in [0, 0.1) is 0 Å². The van der Waals surface area contributed by atoms with Crippen LogP contribution in [-0.2, 0) is 0 Å². The van der Waals surface area contributed by atoms with Crippen LogP contribution in [0.5, 0.6) is 0 Å². The molecule has 7 heteroatoms. The minimum absolute atomic E-state index is 0. The summed E-state index contributed by atoms with van der Waals surface area (Å²) in [6.07, 6.45) is -0.514. The molecule has 0 amide bonds. The molecule has 0 aliphatic carbocycles. The van der Waals surface area contributed by atoms with Crippen molar-refractivity contribution < 1.29 is 5.11 Å². The average molecular weight is 418 g/mol. The Labute approximate surface area is 140 Å². The van der Waals surface area contributed by atoms with Gasteiger partial charge in [0.2, 0.25) is 0 Å². The van der Waals surface area contributed by atoms with E-state index in [9.17, 15) is 0 Å². The molecular weight excluding hydrogens is 400 g/mol. The Kier molecular flexibility index (Phi) is 8.73. The number of nitrogens with one attached hydrogen (secondary N) is 1. The molecule has 0 bridgehead atoms. The van der Waals surface area contributed by atoms with Gasteiger partial charge in [0, 0.05) is 10.0 Å². The molecular formula is C12H18Cl2IN3O. The number of aliphatic hydroxyl groups is 1. The van der Waals surface area contributed by atoms with E-state index in [2.05, 4.69) is 10.3 Å². The maximum absolute atomic E-state index is 9.10. The fourth-order valence-electron chi connectivity index (χ4n) is 1.43. The van der Waals surface area contributed by atoms with Gasteiger partial charge in [-0.2, -0.15) is 0 Å². The van der Waals surface area contributed by atoms with Crippen LogP contribution < -0.4 is 11.1 Å². The number of halogens is 3. The van der Waals surface area contributed by atoms with Crippen molar-refractivity contribution in [3.63, 3.8) is 0 Å². The molecule has 0 saturated carbocycles. The molecule has 0 radical (unpaired) electrons. The Balaban J connectivity index is 0.00000324. The number of nitrogens with two attached hydrogens (primary N) is 1. The van der Waals surface area contributed by atoms with Crippen molar-refractivity contribution in [2.45, 2.75) is 26.0 Å². The van der Waals surface area contributed by atoms with E-state index in [1.54, 1.807) is 19.1 Å². The lowest BCUT2D eigenvalue weighted by Crippen LogP contribution is -2.34. The van der Waals surface area contributed by atoms with Gasteiger partial charge in [0.1, 0.15) is 0 Å². The number of guanidine groups is 1. The van der Waals surface area contributed by atoms with Crippen molar-refractivity contribution in [2.24, 2.45) is 10.7 Å². The highest BCUT2D eigenvalue weighted by Gasteiger charge is 2.10. The van der Waals surface area contributed by atoms with E-state index >= 15 is 0 Å². The number of hydrogen-bond acceptors (Lipinski definition) is 2. The van der Waals surface area contributed by atoms with Crippen molar-refractivity contribution in [3.05, 3.63) is 33.8 Å². The molecule has 19 heavy (non-hydrogen) atoms. The molecule has 0 aliphatic rings. The zero-order valence-corrected chi connectivity index (χ0v) is 14.6. The Bertz CT molecular complexity index is 441. The first kappa shape index (κ1) is 18.8. The van der Waals surface area contributed by atoms with Crippen LogP contribution in [0.15, 0.2) is 23.2 Å². The molecule has 1 aromatic carbocycles. The summed E-state index contributed by atoms with van der Waals surface area (Å²) in [6, 6.07) is 5.20. The second-order valence-electron chi connectivity index (χ2n) is 4.11. The molecule has 0 saturated heterocycles. The van der Waals surface area contributed by atoms with Crippen LogP contribution in [-0.4, -0.2) is 23.7 Å². The van der Waals surface area contributed by atoms with E-state index in [0.29, 0.717) is 10.0 Å². The fraction of sp³-hybridized carbons (Fsp3) is 0.417. The molecule has 1 aromatic rings. The topological polar surface area (TPSA) is 70.6 Å². The molecule has 108 valence electrons. The van der Waals surface area contributed by atoms with Gasteiger partial charge < -0.3 is 16.2 Å². The van der Waals surface area contributed by atoms with E-state index in [0.717, 1.165) is 5.56 Å². The van der Waals surface area contributed by atoms with E-state index in [4.69, 9.17) is 34.0 Å². The summed E-state index contributed by atoms with van der Waals surface area (Å²) in [5.41, 5.74) is 6.58. The van der Waals surface area contributed by atoms with Gasteiger partial charge in [-0.25, -0.2) is 0 Å². The van der Waals surface area contributed by atoms with Crippen LogP contribution >= 0.6 is 47.2 Å². The molecule has 2 atom stereocenters. The number of aliphatic hydroxyl groups excluding tert-OH is 1. The molecule has 4 N–H and O–H groups in total. The summed E-state index contributed by atoms with van der Waals surface area (Å²) in [7, 11) is 0. The van der Waals surface area contributed by atoms with Crippen molar-refractivity contribution in [3.8, 4) is 0 Å². The zero-order valence-electron chi connectivity index (χ0n) is 10.7. The lowest BCUT2D eigenvalue weighted by atomic mass is 10.1. The number of nitrogens with zero attached hydrogens (tertiary/aromatic N) is 1. The summed E-state index contributed by atoms with van der Waals surface area (Å²) in [4.78, 5) is 4.00. The van der Waals surface area contributed by atoms with E-state index in [1.807, 2.05) is 13.0 Å². The lowest BCUT2D eigenvalue weighted by Gasteiger charge is -2.16. The van der Waals surface area contributed by atoms with Crippen molar-refractivity contribution in [1.82, 2.24) is 5.32 Å². The molecule has 0 aliphatic heterocycles. The molecule has 0 aromatic heterocycles. The van der Waals surface area contributed by atoms with E-state index < -0.39 is 6.10 Å². The van der Waals surface area contributed by atoms with Gasteiger partial charge in [-0.3, -0.25) is 4.99 Å². The second-order valence-corrected chi connectivity index (χ2v) is 4.95. The van der Waals surface area contributed by atoms with Gasteiger partial charge >= 0.3 is 0 Å². The van der Waals surface area contributed by atoms with Gasteiger partial charge in [-0.15, -0.1) is 24.0 Å². The summed E-state index contributed by atoms with van der Waals surface area (Å²) in [5, 5.41) is 13.3. The molecule has 1 rings (SSSR count). The quantitative estimate of drug-likeness (QED) is 0.400. The van der Waals surface area contributed by atoms with Crippen LogP contribution in [0.25, 0.3) is 0 Å². The normalized spacial score (nSPS) is 14.5. The molecule has 0 spiro atoms. The number of aliphatic imine (C=N–C) groups is 1. The second kappa shape index (κ2) is 8.84. The molecule has 0 heterocycles. The van der Waals surface area contributed by atoms with Crippen molar-refractivity contribution in [1.29, 1.82) is 0 Å². The minimum atomic E-state index is -0.514. The maximum atomic E-state index is 9.10. The number of benzene rings is 1. The largest absolute Gasteiger partial charge is 0.391 e. The molecule has 2 unspecified atom stereocenters. The zero-order chi connectivity index (χ0) is 13.7. The monoisotopic (exact) mass is 417 g/mol. The van der Waals surface area contributed by atoms with Gasteiger partial charge in [0.25, 0.3) is 0 Å². The third-order valence-corrected chi connectivity index (χ3v) is 2.88. The highest BCUT2D eigenvalue weighted by molar-refractivity contribution is 14.0. The van der Waals surface area contributed by atoms with Crippen LogP contribution in [0.1, 0.15) is 25.5 Å². The van der Waals surface area contributed by atoms with E-state index in [1.165, 1.54) is 0 Å². The van der Waals surface area contributed by atoms with Crippen LogP contribution in [0.3, 0.4) is 0 Å². The highest BCUT2D eigenvalue weighted by Crippen LogP contribution is 2.25. The minimum Gasteiger partial charge on any atom is -0.391 e. The standard InChI is InChI=1S/C12H17Cl2N3O.HI/c1-7(18)6-16-12(15)17-8(2)10-4-3-9(13)5-11(10)14;/h3-5,7-8,18H,6H2,1-2H3,(H3,15,16,17);1H. The number of hydrogen-bond donors (Lipinski definition) is 3. The lowest BCUT2D eigenvalue weighted by molar-refractivity contribution is 0.204. The van der Waals surface area contributed by atoms with Gasteiger partial charge in [-0.1, -0.05) is 29.3 Å². The fourth-order valence-corrected chi connectivity index (χ4v) is 2.00. The first-order valence-corrected chi connectivity index (χ1v) is 6.35. The smallest absolute Gasteiger partial charge is 0.189 e. The Morgan fingerprint density at radius 3 is 2.58 bits per heavy atom. The first-order chi connectivity index (χ1) is 8.40. The Hall–Kier alpha value is -0.240. The third kappa shape index (κ3) is 6.65. The summed E-state index contributed by atoms with van der Waals surface area (Å²) in [6.45, 7) is 3.83. The Morgan fingerprint density at radius 2 is 2.05 bits per heavy atom. The Morgan fingerprint density at radius 1 is 1.42 bits per heavy atom. The molecule has 0 fully saturated rings. The predicted octanol–water partition coefficient (Wildman–Crippen LogP) is 2.96. The third-order valence-electron chi connectivity index (χ3n) is 2.32. The van der Waals surface area contributed by atoms with Crippen LogP contribution in [0.2, 0.25) is 10.0 Å². The van der Waals surface area contributed by atoms with Gasteiger partial charge in [-0.05, 0) is 31.5 Å². The summed E-state index contributed by atoms with van der Waals surface area (Å²) < 4.78 is 0. The van der Waals surface area contributed by atoms with Crippen molar-refractivity contribution >= 4 is 53.1 Å². The number of rotatable bonds is 4. The van der Waals surface area contributed by atoms with Gasteiger partial charge in [0.15, 0.2) is 5.96 Å². The van der Waals surface area contributed by atoms with Gasteiger partial charge in [0.05, 0.1) is 18.7 Å². The SMILES string of the molecule is CC(O)CN=C(N)NC(C)c1ccc(Cl)cc1Cl.I. The summed E-state index contributed by atoms with van der Waals surface area (Å²) in [5.74, 6) is 0.273. The first-order valence-electron chi connectivity index (χ1n) is 5.59. The average Bonchev–Trinajstić information content (AvgIpc) is 2.26. The predicted molar refractivity (Wildman–Crippen MR) is 91.6 cm³/mol.